The van der Waals surface area contributed by atoms with E-state index in [1.807, 2.05) is 33.8 Å². The molecule has 1 saturated heterocycles. The van der Waals surface area contributed by atoms with E-state index < -0.39 is 18.3 Å². The van der Waals surface area contributed by atoms with Crippen LogP contribution in [0.4, 0.5) is 0 Å². The smallest absolute Gasteiger partial charge is 0.481 e. The van der Waals surface area contributed by atoms with Gasteiger partial charge in [0, 0.05) is 11.6 Å². The van der Waals surface area contributed by atoms with Crippen molar-refractivity contribution in [3.05, 3.63) is 23.2 Å². The highest BCUT2D eigenvalue weighted by Crippen LogP contribution is 2.39. The molecule has 0 spiro atoms. The molecule has 1 N–H and O–H groups in total. The topological polar surface area (TPSA) is 70.0 Å². The van der Waals surface area contributed by atoms with E-state index in [0.717, 1.165) is 0 Å². The minimum Gasteiger partial charge on any atom is -0.481 e. The number of hydrogen-bond donors (Lipinski definition) is 1. The second-order valence-corrected chi connectivity index (χ2v) is 6.42. The Morgan fingerprint density at radius 3 is 2.26 bits per heavy atom. The van der Waals surface area contributed by atoms with Crippen molar-refractivity contribution in [1.29, 1.82) is 0 Å². The molecule has 1 aliphatic heterocycles. The van der Waals surface area contributed by atoms with Crippen LogP contribution in [0.25, 0.3) is 6.08 Å². The summed E-state index contributed by atoms with van der Waals surface area (Å²) in [4.78, 5) is 4.23. The molecule has 2 rings (SSSR count). The van der Waals surface area contributed by atoms with Gasteiger partial charge in [-0.1, -0.05) is 6.08 Å². The van der Waals surface area contributed by atoms with Gasteiger partial charge in [-0.2, -0.15) is 4.98 Å². The Labute approximate surface area is 137 Å². The van der Waals surface area contributed by atoms with E-state index in [4.69, 9.17) is 18.8 Å². The molecule has 0 unspecified atom stereocenters. The summed E-state index contributed by atoms with van der Waals surface area (Å²) in [6, 6.07) is 3.54. The first kappa shape index (κ1) is 17.8. The van der Waals surface area contributed by atoms with E-state index in [1.165, 1.54) is 7.11 Å². The lowest BCUT2D eigenvalue weighted by atomic mass is 9.77. The van der Waals surface area contributed by atoms with E-state index in [-0.39, 0.29) is 6.61 Å². The minimum atomic E-state index is -0.614. The Morgan fingerprint density at radius 2 is 1.78 bits per heavy atom. The van der Waals surface area contributed by atoms with Gasteiger partial charge in [-0.3, -0.25) is 0 Å². The zero-order valence-electron chi connectivity index (χ0n) is 14.5. The fourth-order valence-corrected chi connectivity index (χ4v) is 2.20. The van der Waals surface area contributed by atoms with E-state index >= 15 is 0 Å². The number of pyridine rings is 1. The third kappa shape index (κ3) is 3.52. The van der Waals surface area contributed by atoms with Gasteiger partial charge in [0.15, 0.2) is 0 Å². The summed E-state index contributed by atoms with van der Waals surface area (Å²) >= 11 is 0. The predicted molar refractivity (Wildman–Crippen MR) is 88.5 cm³/mol. The van der Waals surface area contributed by atoms with Crippen LogP contribution < -0.4 is 9.47 Å². The zero-order chi connectivity index (χ0) is 17.3. The van der Waals surface area contributed by atoms with Gasteiger partial charge in [0.1, 0.15) is 0 Å². The van der Waals surface area contributed by atoms with Crippen molar-refractivity contribution in [3.8, 4) is 11.8 Å². The SMILES string of the molecule is COc1ccc(C=C(CO)B2OC(C)(C)C(C)(C)O2)c(OC)n1. The van der Waals surface area contributed by atoms with Crippen LogP contribution in [0.5, 0.6) is 11.8 Å². The van der Waals surface area contributed by atoms with Crippen LogP contribution in [-0.4, -0.2) is 49.2 Å². The molecule has 126 valence electrons. The number of hydrogen-bond acceptors (Lipinski definition) is 6. The second-order valence-electron chi connectivity index (χ2n) is 6.42. The number of ether oxygens (including phenoxy) is 2. The molecular weight excluding hydrogens is 297 g/mol. The lowest BCUT2D eigenvalue weighted by molar-refractivity contribution is 0.00578. The van der Waals surface area contributed by atoms with Gasteiger partial charge in [0.2, 0.25) is 11.8 Å². The van der Waals surface area contributed by atoms with E-state index in [0.29, 0.717) is 22.8 Å². The van der Waals surface area contributed by atoms with Crippen LogP contribution in [-0.2, 0) is 9.31 Å². The Kier molecular flexibility index (Phi) is 5.03. The van der Waals surface area contributed by atoms with E-state index in [9.17, 15) is 5.11 Å². The molecule has 0 amide bonds. The van der Waals surface area contributed by atoms with Crippen LogP contribution in [0.1, 0.15) is 33.3 Å². The van der Waals surface area contributed by atoms with Crippen molar-refractivity contribution >= 4 is 13.2 Å². The number of aromatic nitrogens is 1. The van der Waals surface area contributed by atoms with Gasteiger partial charge >= 0.3 is 7.12 Å². The first-order valence-corrected chi connectivity index (χ1v) is 7.50. The normalized spacial score (nSPS) is 19.8. The number of methoxy groups -OCH3 is 2. The largest absolute Gasteiger partial charge is 0.492 e. The molecular formula is C16H24BNO5. The van der Waals surface area contributed by atoms with Crippen LogP contribution in [0, 0.1) is 0 Å². The monoisotopic (exact) mass is 321 g/mol. The lowest BCUT2D eigenvalue weighted by Gasteiger charge is -2.32. The van der Waals surface area contributed by atoms with Gasteiger partial charge in [0.25, 0.3) is 0 Å². The maximum Gasteiger partial charge on any atom is 0.492 e. The highest BCUT2D eigenvalue weighted by Gasteiger charge is 2.52. The number of aliphatic hydroxyl groups excluding tert-OH is 1. The summed E-state index contributed by atoms with van der Waals surface area (Å²) < 4.78 is 22.3. The zero-order valence-corrected chi connectivity index (χ0v) is 14.5. The molecule has 1 fully saturated rings. The molecule has 1 aliphatic rings. The van der Waals surface area contributed by atoms with Gasteiger partial charge < -0.3 is 23.9 Å². The highest BCUT2D eigenvalue weighted by molar-refractivity contribution is 6.55. The quantitative estimate of drug-likeness (QED) is 0.838. The van der Waals surface area contributed by atoms with Crippen molar-refractivity contribution in [2.45, 2.75) is 38.9 Å². The van der Waals surface area contributed by atoms with E-state index in [1.54, 1.807) is 19.3 Å². The Hall–Kier alpha value is -1.57. The van der Waals surface area contributed by atoms with Crippen LogP contribution >= 0.6 is 0 Å². The molecule has 6 nitrogen and oxygen atoms in total. The third-order valence-corrected chi connectivity index (χ3v) is 4.35. The Balaban J connectivity index is 2.33. The third-order valence-electron chi connectivity index (χ3n) is 4.35. The highest BCUT2D eigenvalue weighted by atomic mass is 16.7. The van der Waals surface area contributed by atoms with Crippen molar-refractivity contribution in [3.63, 3.8) is 0 Å². The standard InChI is InChI=1S/C16H24BNO5/c1-15(2)16(3,4)23-17(22-15)12(10-19)9-11-7-8-13(20-5)18-14(11)21-6/h7-9,19H,10H2,1-6H3. The van der Waals surface area contributed by atoms with Crippen LogP contribution in [0.3, 0.4) is 0 Å². The average molecular weight is 321 g/mol. The molecule has 1 aromatic rings. The molecule has 0 radical (unpaired) electrons. The molecule has 23 heavy (non-hydrogen) atoms. The summed E-state index contributed by atoms with van der Waals surface area (Å²) in [5.41, 5.74) is 0.392. The van der Waals surface area contributed by atoms with Crippen molar-refractivity contribution in [2.75, 3.05) is 20.8 Å². The fourth-order valence-electron chi connectivity index (χ4n) is 2.20. The molecule has 0 aliphatic carbocycles. The van der Waals surface area contributed by atoms with Gasteiger partial charge in [-0.15, -0.1) is 0 Å². The second kappa shape index (κ2) is 6.51. The first-order valence-electron chi connectivity index (χ1n) is 7.50. The average Bonchev–Trinajstić information content (AvgIpc) is 2.72. The van der Waals surface area contributed by atoms with Gasteiger partial charge in [-0.05, 0) is 39.2 Å². The summed E-state index contributed by atoms with van der Waals surface area (Å²) in [6.07, 6.45) is 1.77. The number of rotatable bonds is 5. The van der Waals surface area contributed by atoms with Gasteiger partial charge in [-0.25, -0.2) is 0 Å². The number of aliphatic hydroxyl groups is 1. The number of nitrogens with zero attached hydrogens (tertiary/aromatic N) is 1. The summed E-state index contributed by atoms with van der Waals surface area (Å²) in [7, 11) is 2.46. The Morgan fingerprint density at radius 1 is 1.17 bits per heavy atom. The molecule has 1 aromatic heterocycles. The molecule has 0 bridgehead atoms. The lowest BCUT2D eigenvalue weighted by Crippen LogP contribution is -2.41. The maximum atomic E-state index is 9.74. The predicted octanol–water partition coefficient (Wildman–Crippen LogP) is 2.11. The van der Waals surface area contributed by atoms with Crippen LogP contribution in [0.2, 0.25) is 0 Å². The van der Waals surface area contributed by atoms with E-state index in [2.05, 4.69) is 4.98 Å². The fraction of sp³-hybridized carbons (Fsp3) is 0.562. The van der Waals surface area contributed by atoms with Crippen LogP contribution in [0.15, 0.2) is 17.6 Å². The van der Waals surface area contributed by atoms with Crippen molar-refractivity contribution in [2.24, 2.45) is 0 Å². The molecule has 0 atom stereocenters. The van der Waals surface area contributed by atoms with Gasteiger partial charge in [0.05, 0.1) is 32.0 Å². The first-order chi connectivity index (χ1) is 10.7. The molecule has 2 heterocycles. The summed E-state index contributed by atoms with van der Waals surface area (Å²) in [5, 5.41) is 9.74. The molecule has 0 saturated carbocycles. The molecule has 7 heteroatoms. The Bertz CT molecular complexity index is 584. The summed E-state index contributed by atoms with van der Waals surface area (Å²) in [6.45, 7) is 7.69. The van der Waals surface area contributed by atoms with Crippen molar-refractivity contribution < 1.29 is 23.9 Å². The minimum absolute atomic E-state index is 0.188. The summed E-state index contributed by atoms with van der Waals surface area (Å²) in [5.74, 6) is 0.868. The maximum absolute atomic E-state index is 9.74. The van der Waals surface area contributed by atoms with Crippen molar-refractivity contribution in [1.82, 2.24) is 4.98 Å². The molecule has 0 aromatic carbocycles.